The summed E-state index contributed by atoms with van der Waals surface area (Å²) in [7, 11) is 0. The largest absolute Gasteiger partial charge is 0.394 e. The van der Waals surface area contributed by atoms with Gasteiger partial charge in [0, 0.05) is 6.42 Å². The number of allylic oxidation sites excluding steroid dienone is 9. The molecule has 1 aliphatic rings. The fourth-order valence-corrected chi connectivity index (χ4v) is 9.74. The van der Waals surface area contributed by atoms with Gasteiger partial charge < -0.3 is 40.3 Å². The van der Waals surface area contributed by atoms with Crippen molar-refractivity contribution in [2.45, 2.75) is 326 Å². The highest BCUT2D eigenvalue weighted by Gasteiger charge is 2.44. The van der Waals surface area contributed by atoms with Crippen molar-refractivity contribution in [3.8, 4) is 0 Å². The lowest BCUT2D eigenvalue weighted by molar-refractivity contribution is -0.302. The first kappa shape index (κ1) is 68.9. The molecule has 9 nitrogen and oxygen atoms in total. The predicted molar refractivity (Wildman–Crippen MR) is 309 cm³/mol. The van der Waals surface area contributed by atoms with Crippen LogP contribution < -0.4 is 5.32 Å². The van der Waals surface area contributed by atoms with Crippen LogP contribution in [0.3, 0.4) is 0 Å². The molecule has 0 aromatic carbocycles. The van der Waals surface area contributed by atoms with Gasteiger partial charge in [-0.25, -0.2) is 0 Å². The topological polar surface area (TPSA) is 149 Å². The second-order valence-electron chi connectivity index (χ2n) is 21.5. The average molecular weight is 1030 g/mol. The average Bonchev–Trinajstić information content (AvgIpc) is 3.39. The molecule has 7 unspecified atom stereocenters. The second-order valence-corrected chi connectivity index (χ2v) is 21.5. The third-order valence-corrected chi connectivity index (χ3v) is 14.6. The zero-order chi connectivity index (χ0) is 52.9. The summed E-state index contributed by atoms with van der Waals surface area (Å²) in [5.74, 6) is -0.199. The van der Waals surface area contributed by atoms with E-state index < -0.39 is 49.5 Å². The summed E-state index contributed by atoms with van der Waals surface area (Å²) in [6, 6.07) is -0.822. The Morgan fingerprint density at radius 3 is 1.26 bits per heavy atom. The van der Waals surface area contributed by atoms with Crippen LogP contribution >= 0.6 is 0 Å². The van der Waals surface area contributed by atoms with Crippen molar-refractivity contribution >= 4 is 5.91 Å². The number of rotatable bonds is 53. The van der Waals surface area contributed by atoms with E-state index in [-0.39, 0.29) is 12.5 Å². The lowest BCUT2D eigenvalue weighted by Gasteiger charge is -2.40. The van der Waals surface area contributed by atoms with Gasteiger partial charge in [0.2, 0.25) is 5.91 Å². The maximum Gasteiger partial charge on any atom is 0.220 e. The van der Waals surface area contributed by atoms with Crippen molar-refractivity contribution in [3.63, 3.8) is 0 Å². The number of nitrogens with one attached hydrogen (secondary N) is 1. The van der Waals surface area contributed by atoms with Gasteiger partial charge in [-0.2, -0.15) is 0 Å². The van der Waals surface area contributed by atoms with Gasteiger partial charge in [-0.3, -0.25) is 4.79 Å². The number of carbonyl (C=O) groups excluding carboxylic acids is 1. The molecule has 1 fully saturated rings. The molecule has 73 heavy (non-hydrogen) atoms. The smallest absolute Gasteiger partial charge is 0.220 e. The monoisotopic (exact) mass is 1030 g/mol. The molecule has 1 amide bonds. The molecule has 1 aliphatic heterocycles. The molecule has 0 aliphatic carbocycles. The number of carbonyl (C=O) groups is 1. The van der Waals surface area contributed by atoms with Crippen LogP contribution in [-0.4, -0.2) is 87.5 Å². The van der Waals surface area contributed by atoms with Crippen molar-refractivity contribution in [3.05, 3.63) is 60.8 Å². The van der Waals surface area contributed by atoms with E-state index in [0.717, 1.165) is 77.0 Å². The number of unbranched alkanes of at least 4 members (excludes halogenated alkanes) is 35. The van der Waals surface area contributed by atoms with Gasteiger partial charge in [0.1, 0.15) is 24.4 Å². The molecule has 0 radical (unpaired) electrons. The minimum absolute atomic E-state index is 0.199. The summed E-state index contributed by atoms with van der Waals surface area (Å²) in [6.07, 6.45) is 66.0. The highest BCUT2D eigenvalue weighted by atomic mass is 16.7. The van der Waals surface area contributed by atoms with Crippen LogP contribution in [0.25, 0.3) is 0 Å². The fourth-order valence-electron chi connectivity index (χ4n) is 9.74. The maximum absolute atomic E-state index is 13.0. The Morgan fingerprint density at radius 1 is 0.479 bits per heavy atom. The highest BCUT2D eigenvalue weighted by Crippen LogP contribution is 2.23. The van der Waals surface area contributed by atoms with E-state index in [1.165, 1.54) is 186 Å². The number of hydrogen-bond donors (Lipinski definition) is 6. The minimum Gasteiger partial charge on any atom is -0.394 e. The molecule has 0 bridgehead atoms. The Labute approximate surface area is 449 Å². The van der Waals surface area contributed by atoms with Crippen molar-refractivity contribution in [1.82, 2.24) is 5.32 Å². The summed E-state index contributed by atoms with van der Waals surface area (Å²) in [5, 5.41) is 54.5. The standard InChI is InChI=1S/C64H117NO8/c1-3-5-7-9-11-13-15-17-19-21-22-23-24-25-26-27-28-29-30-31-32-33-34-35-36-38-39-41-43-45-47-49-51-53-58(67)57(56-72-64-63(71)62(70)61(69)59(55-66)73-64)65-60(68)54-52-50-48-46-44-42-40-37-20-18-16-14-12-10-8-6-4-2/h6,8,12,14,18,20,40,42,51,53,57-59,61-64,66-67,69-71H,3-5,7,9-11,13,15-17,19,21-39,41,43-50,52,54-56H2,1-2H3,(H,65,68)/b8-6-,14-12-,20-18-,42-40-,53-51+. The molecule has 7 atom stereocenters. The van der Waals surface area contributed by atoms with Crippen LogP contribution in [0.5, 0.6) is 0 Å². The Hall–Kier alpha value is -2.11. The van der Waals surface area contributed by atoms with E-state index in [1.54, 1.807) is 6.08 Å². The third-order valence-electron chi connectivity index (χ3n) is 14.6. The van der Waals surface area contributed by atoms with E-state index >= 15 is 0 Å². The van der Waals surface area contributed by atoms with E-state index in [9.17, 15) is 30.3 Å². The molecule has 0 aromatic rings. The SMILES string of the molecule is CC/C=C\C/C=C\C/C=C\C/C=C\CCCCCCC(=O)NC(COC1OC(CO)C(O)C(O)C1O)C(O)/C=C/CCCCCCCCCCCCCCCCCCCCCCCCCCCCCCCCC. The molecule has 9 heteroatoms. The first-order valence-electron chi connectivity index (χ1n) is 31.0. The predicted octanol–water partition coefficient (Wildman–Crippen LogP) is 15.9. The quantitative estimate of drug-likeness (QED) is 0.0261. The van der Waals surface area contributed by atoms with Gasteiger partial charge in [-0.15, -0.1) is 0 Å². The maximum atomic E-state index is 13.0. The molecule has 1 heterocycles. The Bertz CT molecular complexity index is 1330. The van der Waals surface area contributed by atoms with E-state index in [1.807, 2.05) is 6.08 Å². The van der Waals surface area contributed by atoms with Gasteiger partial charge in [0.05, 0.1) is 25.4 Å². The summed E-state index contributed by atoms with van der Waals surface area (Å²) in [4.78, 5) is 13.0. The minimum atomic E-state index is -1.57. The van der Waals surface area contributed by atoms with Gasteiger partial charge in [-0.05, 0) is 57.8 Å². The number of aliphatic hydroxyl groups is 5. The van der Waals surface area contributed by atoms with Crippen LogP contribution in [0.4, 0.5) is 0 Å². The molecule has 1 saturated heterocycles. The summed E-state index contributed by atoms with van der Waals surface area (Å²) < 4.78 is 11.3. The molecular weight excluding hydrogens is 911 g/mol. The molecule has 1 rings (SSSR count). The second kappa shape index (κ2) is 53.3. The van der Waals surface area contributed by atoms with Crippen molar-refractivity contribution < 1.29 is 39.8 Å². The van der Waals surface area contributed by atoms with Crippen molar-refractivity contribution in [2.75, 3.05) is 13.2 Å². The first-order valence-corrected chi connectivity index (χ1v) is 31.0. The van der Waals surface area contributed by atoms with Gasteiger partial charge >= 0.3 is 0 Å². The first-order chi connectivity index (χ1) is 35.8. The normalized spacial score (nSPS) is 19.5. The van der Waals surface area contributed by atoms with Crippen LogP contribution in [0, 0.1) is 0 Å². The van der Waals surface area contributed by atoms with Crippen LogP contribution in [0.2, 0.25) is 0 Å². The van der Waals surface area contributed by atoms with Crippen molar-refractivity contribution in [1.29, 1.82) is 0 Å². The fraction of sp³-hybridized carbons (Fsp3) is 0.828. The number of aliphatic hydroxyl groups excluding tert-OH is 5. The molecule has 6 N–H and O–H groups in total. The molecule has 426 valence electrons. The summed E-state index contributed by atoms with van der Waals surface area (Å²) >= 11 is 0. The summed E-state index contributed by atoms with van der Waals surface area (Å²) in [5.41, 5.74) is 0. The van der Waals surface area contributed by atoms with Gasteiger partial charge in [0.25, 0.3) is 0 Å². The van der Waals surface area contributed by atoms with Gasteiger partial charge in [0.15, 0.2) is 6.29 Å². The Morgan fingerprint density at radius 2 is 0.849 bits per heavy atom. The Kier molecular flexibility index (Phi) is 50.3. The summed E-state index contributed by atoms with van der Waals surface area (Å²) in [6.45, 7) is 3.67. The van der Waals surface area contributed by atoms with Crippen LogP contribution in [-0.2, 0) is 14.3 Å². The van der Waals surface area contributed by atoms with E-state index in [2.05, 4.69) is 67.8 Å². The zero-order valence-corrected chi connectivity index (χ0v) is 47.4. The third kappa shape index (κ3) is 42.7. The Balaban J connectivity index is 2.15. The molecule has 0 saturated carbocycles. The van der Waals surface area contributed by atoms with Crippen molar-refractivity contribution in [2.24, 2.45) is 0 Å². The molecule has 0 spiro atoms. The van der Waals surface area contributed by atoms with Crippen LogP contribution in [0.15, 0.2) is 60.8 Å². The molecular formula is C64H117NO8. The van der Waals surface area contributed by atoms with Gasteiger partial charge in [-0.1, -0.05) is 280 Å². The van der Waals surface area contributed by atoms with Crippen LogP contribution in [0.1, 0.15) is 284 Å². The highest BCUT2D eigenvalue weighted by molar-refractivity contribution is 5.76. The van der Waals surface area contributed by atoms with E-state index in [0.29, 0.717) is 6.42 Å². The number of amides is 1. The lowest BCUT2D eigenvalue weighted by atomic mass is 9.99. The lowest BCUT2D eigenvalue weighted by Crippen LogP contribution is -2.60. The van der Waals surface area contributed by atoms with E-state index in [4.69, 9.17) is 9.47 Å². The molecule has 0 aromatic heterocycles. The number of hydrogen-bond acceptors (Lipinski definition) is 8. The zero-order valence-electron chi connectivity index (χ0n) is 47.4. The number of ether oxygens (including phenoxy) is 2.